The highest BCUT2D eigenvalue weighted by Crippen LogP contribution is 2.44. The first-order valence-corrected chi connectivity index (χ1v) is 8.68. The summed E-state index contributed by atoms with van der Waals surface area (Å²) >= 11 is 0. The van der Waals surface area contributed by atoms with E-state index in [4.69, 9.17) is 0 Å². The van der Waals surface area contributed by atoms with Gasteiger partial charge in [-0.1, -0.05) is 12.5 Å². The molecule has 0 spiro atoms. The van der Waals surface area contributed by atoms with Gasteiger partial charge in [0.25, 0.3) is 10.0 Å². The molecule has 20 heavy (non-hydrogen) atoms. The lowest BCUT2D eigenvalue weighted by Crippen LogP contribution is -2.38. The molecule has 0 aromatic carbocycles. The number of sulfonamides is 1. The minimum atomic E-state index is -3.48. The maximum atomic E-state index is 12.3. The third-order valence-electron chi connectivity index (χ3n) is 4.50. The van der Waals surface area contributed by atoms with Crippen molar-refractivity contribution in [1.82, 2.24) is 15.0 Å². The number of aromatic nitrogens is 1. The monoisotopic (exact) mass is 295 g/mol. The van der Waals surface area contributed by atoms with Crippen LogP contribution in [0, 0.1) is 11.8 Å². The molecule has 3 unspecified atom stereocenters. The fraction of sp³-hybridized carbons (Fsp3) is 0.643. The fourth-order valence-corrected chi connectivity index (χ4v) is 4.77. The van der Waals surface area contributed by atoms with Crippen molar-refractivity contribution in [3.8, 4) is 0 Å². The molecule has 6 heteroatoms. The van der Waals surface area contributed by atoms with Crippen molar-refractivity contribution in [2.75, 3.05) is 7.05 Å². The second kappa shape index (κ2) is 5.42. The summed E-state index contributed by atoms with van der Waals surface area (Å²) in [4.78, 5) is 4.08. The lowest BCUT2D eigenvalue weighted by molar-refractivity contribution is 0.390. The Morgan fingerprint density at radius 2 is 2.15 bits per heavy atom. The fourth-order valence-electron chi connectivity index (χ4n) is 3.53. The molecule has 2 aliphatic carbocycles. The first kappa shape index (κ1) is 14.0. The number of nitrogens with one attached hydrogen (secondary N) is 2. The Balaban J connectivity index is 1.71. The maximum absolute atomic E-state index is 12.3. The van der Waals surface area contributed by atoms with Crippen LogP contribution in [0.15, 0.2) is 23.4 Å². The van der Waals surface area contributed by atoms with Crippen LogP contribution >= 0.6 is 0 Å². The van der Waals surface area contributed by atoms with E-state index >= 15 is 0 Å². The second-order valence-electron chi connectivity index (χ2n) is 5.94. The summed E-state index contributed by atoms with van der Waals surface area (Å²) in [5.74, 6) is 1.25. The molecule has 3 rings (SSSR count). The molecule has 0 aliphatic heterocycles. The largest absolute Gasteiger partial charge is 0.316 e. The Kier molecular flexibility index (Phi) is 3.79. The molecule has 1 aromatic rings. The maximum Gasteiger partial charge on any atom is 0.258 e. The molecule has 1 aromatic heterocycles. The molecule has 0 saturated heterocycles. The highest BCUT2D eigenvalue weighted by molar-refractivity contribution is 7.89. The summed E-state index contributed by atoms with van der Waals surface area (Å²) < 4.78 is 27.5. The van der Waals surface area contributed by atoms with Gasteiger partial charge in [-0.25, -0.2) is 18.1 Å². The van der Waals surface area contributed by atoms with Gasteiger partial charge in [0.1, 0.15) is 0 Å². The Labute approximate surface area is 120 Å². The Bertz CT molecular complexity index is 571. The predicted octanol–water partition coefficient (Wildman–Crippen LogP) is 1.27. The van der Waals surface area contributed by atoms with Crippen molar-refractivity contribution in [2.24, 2.45) is 11.8 Å². The molecular weight excluding hydrogens is 274 g/mol. The minimum Gasteiger partial charge on any atom is -0.316 e. The van der Waals surface area contributed by atoms with Crippen LogP contribution in [0.2, 0.25) is 0 Å². The molecule has 2 saturated carbocycles. The van der Waals surface area contributed by atoms with E-state index in [9.17, 15) is 8.42 Å². The van der Waals surface area contributed by atoms with Crippen LogP contribution in [0.4, 0.5) is 0 Å². The quantitative estimate of drug-likeness (QED) is 0.858. The van der Waals surface area contributed by atoms with Crippen molar-refractivity contribution < 1.29 is 8.42 Å². The van der Waals surface area contributed by atoms with Gasteiger partial charge in [0, 0.05) is 18.8 Å². The van der Waals surface area contributed by atoms with Crippen LogP contribution in [0.1, 0.15) is 31.2 Å². The van der Waals surface area contributed by atoms with E-state index in [1.165, 1.54) is 12.8 Å². The average Bonchev–Trinajstić information content (AvgIpc) is 3.01. The van der Waals surface area contributed by atoms with Crippen LogP contribution in [0.5, 0.6) is 0 Å². The molecule has 2 N–H and O–H groups in total. The van der Waals surface area contributed by atoms with E-state index in [1.54, 1.807) is 18.3 Å². The lowest BCUT2D eigenvalue weighted by atomic mass is 9.96. The zero-order valence-electron chi connectivity index (χ0n) is 11.7. The van der Waals surface area contributed by atoms with Gasteiger partial charge in [-0.3, -0.25) is 0 Å². The highest BCUT2D eigenvalue weighted by atomic mass is 32.2. The van der Waals surface area contributed by atoms with Gasteiger partial charge in [0.15, 0.2) is 5.03 Å². The van der Waals surface area contributed by atoms with Gasteiger partial charge >= 0.3 is 0 Å². The van der Waals surface area contributed by atoms with Crippen molar-refractivity contribution >= 4 is 10.0 Å². The molecule has 0 radical (unpaired) electrons. The summed E-state index contributed by atoms with van der Waals surface area (Å²) in [5.41, 5.74) is 0.978. The topological polar surface area (TPSA) is 71.1 Å². The molecule has 110 valence electrons. The normalized spacial score (nSPS) is 28.9. The summed E-state index contributed by atoms with van der Waals surface area (Å²) in [6.07, 6.45) is 6.21. The van der Waals surface area contributed by atoms with E-state index in [-0.39, 0.29) is 11.1 Å². The standard InChI is InChI=1S/C14H21N3O2S/c1-15-8-11-3-5-14(16-9-11)20(18,19)17-13-7-10-2-4-12(13)6-10/h3,5,9-10,12-13,15,17H,2,4,6-8H2,1H3. The van der Waals surface area contributed by atoms with Crippen molar-refractivity contribution in [3.63, 3.8) is 0 Å². The molecule has 0 amide bonds. The van der Waals surface area contributed by atoms with E-state index in [0.717, 1.165) is 24.3 Å². The lowest BCUT2D eigenvalue weighted by Gasteiger charge is -2.22. The predicted molar refractivity (Wildman–Crippen MR) is 76.6 cm³/mol. The van der Waals surface area contributed by atoms with Gasteiger partial charge in [0.2, 0.25) is 0 Å². The molecular formula is C14H21N3O2S. The number of hydrogen-bond acceptors (Lipinski definition) is 4. The van der Waals surface area contributed by atoms with Crippen molar-refractivity contribution in [3.05, 3.63) is 23.9 Å². The van der Waals surface area contributed by atoms with Crippen LogP contribution in [-0.2, 0) is 16.6 Å². The molecule has 2 fully saturated rings. The zero-order valence-corrected chi connectivity index (χ0v) is 12.5. The van der Waals surface area contributed by atoms with Gasteiger partial charge < -0.3 is 5.32 Å². The second-order valence-corrected chi connectivity index (χ2v) is 7.60. The minimum absolute atomic E-state index is 0.109. The van der Waals surface area contributed by atoms with E-state index < -0.39 is 10.0 Å². The van der Waals surface area contributed by atoms with Crippen LogP contribution in [0.3, 0.4) is 0 Å². The summed E-state index contributed by atoms with van der Waals surface area (Å²) in [5, 5.41) is 3.14. The number of nitrogens with zero attached hydrogens (tertiary/aromatic N) is 1. The average molecular weight is 295 g/mol. The van der Waals surface area contributed by atoms with Crippen LogP contribution in [-0.4, -0.2) is 26.5 Å². The van der Waals surface area contributed by atoms with Crippen LogP contribution in [0.25, 0.3) is 0 Å². The first-order valence-electron chi connectivity index (χ1n) is 7.20. The Hall–Kier alpha value is -0.980. The SMILES string of the molecule is CNCc1ccc(S(=O)(=O)NC2CC3CCC2C3)nc1. The number of hydrogen-bond donors (Lipinski definition) is 2. The number of fused-ring (bicyclic) bond motifs is 2. The van der Waals surface area contributed by atoms with Gasteiger partial charge in [-0.05, 0) is 49.8 Å². The molecule has 2 aliphatic rings. The summed E-state index contributed by atoms with van der Waals surface area (Å²) in [7, 11) is -1.63. The van der Waals surface area contributed by atoms with Crippen molar-refractivity contribution in [1.29, 1.82) is 0 Å². The Morgan fingerprint density at radius 3 is 2.70 bits per heavy atom. The molecule has 1 heterocycles. The van der Waals surface area contributed by atoms with Crippen molar-refractivity contribution in [2.45, 2.75) is 43.3 Å². The Morgan fingerprint density at radius 1 is 1.30 bits per heavy atom. The zero-order chi connectivity index (χ0) is 14.2. The number of pyridine rings is 1. The summed E-state index contributed by atoms with van der Waals surface area (Å²) in [6, 6.07) is 3.50. The van der Waals surface area contributed by atoms with Gasteiger partial charge in [-0.2, -0.15) is 0 Å². The van der Waals surface area contributed by atoms with Gasteiger partial charge in [0.05, 0.1) is 0 Å². The highest BCUT2D eigenvalue weighted by Gasteiger charge is 2.41. The first-order chi connectivity index (χ1) is 9.58. The molecule has 2 bridgehead atoms. The van der Waals surface area contributed by atoms with Gasteiger partial charge in [-0.15, -0.1) is 0 Å². The van der Waals surface area contributed by atoms with E-state index in [2.05, 4.69) is 15.0 Å². The van der Waals surface area contributed by atoms with E-state index in [0.29, 0.717) is 12.5 Å². The summed E-state index contributed by atoms with van der Waals surface area (Å²) in [6.45, 7) is 0.688. The molecule has 5 nitrogen and oxygen atoms in total. The van der Waals surface area contributed by atoms with Crippen LogP contribution < -0.4 is 10.0 Å². The molecule has 3 atom stereocenters. The third-order valence-corrected chi connectivity index (χ3v) is 5.90. The van der Waals surface area contributed by atoms with E-state index in [1.807, 2.05) is 7.05 Å². The number of rotatable bonds is 5. The smallest absolute Gasteiger partial charge is 0.258 e. The third kappa shape index (κ3) is 2.73.